The number of ether oxygens (including phenoxy) is 1. The van der Waals surface area contributed by atoms with E-state index in [1.54, 1.807) is 37.3 Å². The predicted molar refractivity (Wildman–Crippen MR) is 96.5 cm³/mol. The van der Waals surface area contributed by atoms with Crippen molar-refractivity contribution in [1.82, 2.24) is 4.72 Å². The molecule has 0 saturated heterocycles. The number of para-hydroxylation sites is 1. The topological polar surface area (TPSA) is 102 Å². The molecule has 0 aromatic heterocycles. The maximum Gasteiger partial charge on any atom is 0.240 e. The average Bonchev–Trinajstić information content (AvgIpc) is 2.61. The highest BCUT2D eigenvalue weighted by atomic mass is 32.2. The van der Waals surface area contributed by atoms with Crippen LogP contribution in [0.3, 0.4) is 0 Å². The molecular formula is C18H24N2O4S. The largest absolute Gasteiger partial charge is 0.473 e. The second kappa shape index (κ2) is 8.96. The molecule has 3 unspecified atom stereocenters. The van der Waals surface area contributed by atoms with Crippen LogP contribution < -0.4 is 15.2 Å². The van der Waals surface area contributed by atoms with Crippen LogP contribution in [0.2, 0.25) is 0 Å². The van der Waals surface area contributed by atoms with Gasteiger partial charge in [-0.25, -0.2) is 13.1 Å². The van der Waals surface area contributed by atoms with E-state index in [0.717, 1.165) is 0 Å². The Labute approximate surface area is 148 Å². The van der Waals surface area contributed by atoms with Crippen LogP contribution >= 0.6 is 0 Å². The van der Waals surface area contributed by atoms with Gasteiger partial charge in [-0.1, -0.05) is 36.4 Å². The number of benzene rings is 2. The summed E-state index contributed by atoms with van der Waals surface area (Å²) in [4.78, 5) is 0.214. The van der Waals surface area contributed by atoms with Gasteiger partial charge in [-0.3, -0.25) is 5.73 Å². The van der Waals surface area contributed by atoms with Crippen molar-refractivity contribution in [3.63, 3.8) is 0 Å². The van der Waals surface area contributed by atoms with E-state index in [1.165, 1.54) is 12.1 Å². The molecule has 136 valence electrons. The Balaban J connectivity index is 1.82. The fraction of sp³-hybridized carbons (Fsp3) is 0.333. The first kappa shape index (κ1) is 19.4. The standard InChI is InChI=1S/C18H24N2O4S/c1-14(20-25(22,23)16-10-6-3-7-11-16)12-13-17(21)18(19)24-15-8-4-2-5-9-15/h2-11,14,17-18,20-21H,12-13,19H2,1H3. The third-order valence-corrected chi connectivity index (χ3v) is 5.31. The Hall–Kier alpha value is -1.93. The molecule has 4 N–H and O–H groups in total. The SMILES string of the molecule is CC(CCC(O)C(N)Oc1ccccc1)NS(=O)(=O)c1ccccc1. The zero-order valence-electron chi connectivity index (χ0n) is 14.1. The average molecular weight is 364 g/mol. The van der Waals surface area contributed by atoms with Crippen molar-refractivity contribution in [3.8, 4) is 5.75 Å². The summed E-state index contributed by atoms with van der Waals surface area (Å²) < 4.78 is 32.5. The number of hydrogen-bond donors (Lipinski definition) is 3. The molecule has 0 aliphatic heterocycles. The first-order valence-electron chi connectivity index (χ1n) is 8.11. The smallest absolute Gasteiger partial charge is 0.240 e. The highest BCUT2D eigenvalue weighted by molar-refractivity contribution is 7.89. The summed E-state index contributed by atoms with van der Waals surface area (Å²) in [7, 11) is -3.57. The van der Waals surface area contributed by atoms with Crippen LogP contribution in [0, 0.1) is 0 Å². The summed E-state index contributed by atoms with van der Waals surface area (Å²) in [6, 6.07) is 16.8. The molecule has 0 bridgehead atoms. The molecule has 25 heavy (non-hydrogen) atoms. The molecule has 2 aromatic carbocycles. The normalized spacial score (nSPS) is 15.3. The minimum atomic E-state index is -3.57. The fourth-order valence-electron chi connectivity index (χ4n) is 2.31. The van der Waals surface area contributed by atoms with Gasteiger partial charge in [-0.2, -0.15) is 0 Å². The number of aliphatic hydroxyl groups excluding tert-OH is 1. The van der Waals surface area contributed by atoms with Crippen molar-refractivity contribution in [2.24, 2.45) is 5.73 Å². The number of rotatable bonds is 9. The van der Waals surface area contributed by atoms with Crippen molar-refractivity contribution in [1.29, 1.82) is 0 Å². The van der Waals surface area contributed by atoms with Crippen LogP contribution in [0.1, 0.15) is 19.8 Å². The molecule has 2 aromatic rings. The van der Waals surface area contributed by atoms with E-state index in [4.69, 9.17) is 10.5 Å². The summed E-state index contributed by atoms with van der Waals surface area (Å²) in [5.74, 6) is 0.576. The zero-order valence-corrected chi connectivity index (χ0v) is 14.9. The van der Waals surface area contributed by atoms with Gasteiger partial charge >= 0.3 is 0 Å². The van der Waals surface area contributed by atoms with E-state index in [-0.39, 0.29) is 10.9 Å². The minimum Gasteiger partial charge on any atom is -0.473 e. The summed E-state index contributed by atoms with van der Waals surface area (Å²) in [6.45, 7) is 1.75. The van der Waals surface area contributed by atoms with Gasteiger partial charge in [0.15, 0.2) is 6.23 Å². The molecule has 3 atom stereocenters. The molecule has 0 fully saturated rings. The Bertz CT molecular complexity index is 738. The van der Waals surface area contributed by atoms with E-state index >= 15 is 0 Å². The van der Waals surface area contributed by atoms with Crippen LogP contribution in [0.15, 0.2) is 65.6 Å². The molecular weight excluding hydrogens is 340 g/mol. The molecule has 0 radical (unpaired) electrons. The number of nitrogens with two attached hydrogens (primary N) is 1. The fourth-order valence-corrected chi connectivity index (χ4v) is 3.61. The van der Waals surface area contributed by atoms with Gasteiger partial charge in [0.25, 0.3) is 0 Å². The maximum atomic E-state index is 12.2. The second-order valence-electron chi connectivity index (χ2n) is 5.88. The highest BCUT2D eigenvalue weighted by Crippen LogP contribution is 2.14. The van der Waals surface area contributed by atoms with Crippen LogP contribution in [-0.4, -0.2) is 31.9 Å². The Kier molecular flexibility index (Phi) is 6.95. The van der Waals surface area contributed by atoms with Gasteiger partial charge in [-0.15, -0.1) is 0 Å². The zero-order chi connectivity index (χ0) is 18.3. The lowest BCUT2D eigenvalue weighted by molar-refractivity contribution is 0.0323. The van der Waals surface area contributed by atoms with Gasteiger partial charge in [0.1, 0.15) is 11.9 Å². The van der Waals surface area contributed by atoms with Gasteiger partial charge in [0.2, 0.25) is 10.0 Å². The molecule has 2 rings (SSSR count). The lowest BCUT2D eigenvalue weighted by Crippen LogP contribution is -2.41. The summed E-state index contributed by atoms with van der Waals surface area (Å²) in [6.07, 6.45) is -1.03. The number of nitrogens with one attached hydrogen (secondary N) is 1. The van der Waals surface area contributed by atoms with Crippen molar-refractivity contribution in [2.75, 3.05) is 0 Å². The second-order valence-corrected chi connectivity index (χ2v) is 7.59. The van der Waals surface area contributed by atoms with E-state index in [0.29, 0.717) is 18.6 Å². The van der Waals surface area contributed by atoms with Gasteiger partial charge in [-0.05, 0) is 44.0 Å². The van der Waals surface area contributed by atoms with Crippen molar-refractivity contribution >= 4 is 10.0 Å². The molecule has 0 spiro atoms. The van der Waals surface area contributed by atoms with Crippen molar-refractivity contribution < 1.29 is 18.3 Å². The lowest BCUT2D eigenvalue weighted by Gasteiger charge is -2.22. The maximum absolute atomic E-state index is 12.2. The van der Waals surface area contributed by atoms with E-state index in [1.807, 2.05) is 18.2 Å². The van der Waals surface area contributed by atoms with Gasteiger partial charge in [0.05, 0.1) is 4.90 Å². The predicted octanol–water partition coefficient (Wildman–Crippen LogP) is 1.86. The van der Waals surface area contributed by atoms with Crippen LogP contribution in [0.25, 0.3) is 0 Å². The van der Waals surface area contributed by atoms with Gasteiger partial charge in [0, 0.05) is 6.04 Å². The van der Waals surface area contributed by atoms with Crippen molar-refractivity contribution in [2.45, 2.75) is 43.0 Å². The minimum absolute atomic E-state index is 0.214. The summed E-state index contributed by atoms with van der Waals surface area (Å²) in [5, 5.41) is 10.1. The lowest BCUT2D eigenvalue weighted by atomic mass is 10.1. The molecule has 7 heteroatoms. The molecule has 6 nitrogen and oxygen atoms in total. The van der Waals surface area contributed by atoms with Crippen molar-refractivity contribution in [3.05, 3.63) is 60.7 Å². The monoisotopic (exact) mass is 364 g/mol. The molecule has 0 amide bonds. The van der Waals surface area contributed by atoms with Gasteiger partial charge < -0.3 is 9.84 Å². The summed E-state index contributed by atoms with van der Waals surface area (Å²) in [5.41, 5.74) is 5.84. The quantitative estimate of drug-likeness (QED) is 0.590. The molecule has 0 aliphatic carbocycles. The molecule has 0 saturated carbocycles. The first-order valence-corrected chi connectivity index (χ1v) is 9.59. The van der Waals surface area contributed by atoms with Crippen LogP contribution in [0.5, 0.6) is 5.75 Å². The Morgan fingerprint density at radius 3 is 2.20 bits per heavy atom. The summed E-state index contributed by atoms with van der Waals surface area (Å²) >= 11 is 0. The van der Waals surface area contributed by atoms with Crippen LogP contribution in [-0.2, 0) is 10.0 Å². The third kappa shape index (κ3) is 6.13. The van der Waals surface area contributed by atoms with E-state index in [2.05, 4.69) is 4.72 Å². The highest BCUT2D eigenvalue weighted by Gasteiger charge is 2.20. The number of hydrogen-bond acceptors (Lipinski definition) is 5. The van der Waals surface area contributed by atoms with Crippen LogP contribution in [0.4, 0.5) is 0 Å². The first-order chi connectivity index (χ1) is 11.9. The van der Waals surface area contributed by atoms with E-state index < -0.39 is 22.4 Å². The third-order valence-electron chi connectivity index (χ3n) is 3.70. The number of sulfonamides is 1. The Morgan fingerprint density at radius 2 is 1.60 bits per heavy atom. The molecule has 0 aliphatic rings. The Morgan fingerprint density at radius 1 is 1.04 bits per heavy atom. The van der Waals surface area contributed by atoms with E-state index in [9.17, 15) is 13.5 Å². The number of aliphatic hydroxyl groups is 1. The molecule has 0 heterocycles.